The molecule has 248 valence electrons. The van der Waals surface area contributed by atoms with Crippen LogP contribution in [0.3, 0.4) is 0 Å². The van der Waals surface area contributed by atoms with Gasteiger partial charge in [-0.1, -0.05) is 6.92 Å². The van der Waals surface area contributed by atoms with E-state index in [1.807, 2.05) is 0 Å². The van der Waals surface area contributed by atoms with Crippen molar-refractivity contribution < 1.29 is 43.1 Å². The number of carbonyl (C=O) groups excluding carboxylic acids is 2. The Kier molecular flexibility index (Phi) is 7.51. The number of hydrogen-bond acceptors (Lipinski definition) is 10. The summed E-state index contributed by atoms with van der Waals surface area (Å²) in [6, 6.07) is 7.02. The molecule has 45 heavy (non-hydrogen) atoms. The molecule has 7 rings (SSSR count). The quantitative estimate of drug-likeness (QED) is 0.307. The zero-order chi connectivity index (χ0) is 32.1. The summed E-state index contributed by atoms with van der Waals surface area (Å²) < 4.78 is 37.3. The third kappa shape index (κ3) is 3.72. The van der Waals surface area contributed by atoms with E-state index < -0.39 is 40.5 Å². The van der Waals surface area contributed by atoms with Crippen molar-refractivity contribution in [3.63, 3.8) is 0 Å². The molecule has 1 aromatic carbocycles. The number of hydrogen-bond donors (Lipinski definition) is 1. The fourth-order valence-electron chi connectivity index (χ4n) is 12.7. The van der Waals surface area contributed by atoms with Gasteiger partial charge in [0.1, 0.15) is 17.0 Å². The molecule has 13 atom stereocenters. The standard InChI is InChI=1S/C35H49NO9/c1-8-36-17-32(18-40-3)14-13-23(42-5)35-22-15-33(39)24(43-6)16-34(45-19(2)37,27(31(35)36)29(44-7)30(32)35)25(22)26(33)28(38)20-9-11-21(41-4)12-10-20/h9-12,22-27,29-31,39H,8,13-18H2,1-7H3/t22-,23-,24+,25-,26+,27+,29+,30-,31-,32+,33+,34-,35+/m1/s1. The zero-order valence-corrected chi connectivity index (χ0v) is 27.6. The topological polar surface area (TPSA) is 113 Å². The summed E-state index contributed by atoms with van der Waals surface area (Å²) in [7, 11) is 8.52. The second-order valence-corrected chi connectivity index (χ2v) is 14.6. The van der Waals surface area contributed by atoms with E-state index in [4.69, 9.17) is 28.4 Å². The van der Waals surface area contributed by atoms with Gasteiger partial charge in [-0.2, -0.15) is 0 Å². The summed E-state index contributed by atoms with van der Waals surface area (Å²) in [6.07, 6.45) is 1.28. The number of nitrogens with zero attached hydrogens (tertiary/aromatic N) is 1. The van der Waals surface area contributed by atoms with Crippen LogP contribution in [0.4, 0.5) is 0 Å². The number of methoxy groups -OCH3 is 5. The van der Waals surface area contributed by atoms with Crippen LogP contribution in [0.25, 0.3) is 0 Å². The Morgan fingerprint density at radius 1 is 0.978 bits per heavy atom. The van der Waals surface area contributed by atoms with Gasteiger partial charge >= 0.3 is 5.97 Å². The lowest BCUT2D eigenvalue weighted by Crippen LogP contribution is -2.77. The summed E-state index contributed by atoms with van der Waals surface area (Å²) in [5.74, 6) is -1.66. The molecule has 0 unspecified atom stereocenters. The highest BCUT2D eigenvalue weighted by atomic mass is 16.6. The Morgan fingerprint density at radius 2 is 1.69 bits per heavy atom. The van der Waals surface area contributed by atoms with Crippen LogP contribution in [-0.2, 0) is 28.5 Å². The van der Waals surface area contributed by atoms with E-state index in [0.717, 1.165) is 25.9 Å². The first-order valence-electron chi connectivity index (χ1n) is 16.5. The smallest absolute Gasteiger partial charge is 0.303 e. The molecule has 5 aliphatic carbocycles. The van der Waals surface area contributed by atoms with Gasteiger partial charge in [-0.3, -0.25) is 14.5 Å². The van der Waals surface area contributed by atoms with E-state index in [1.165, 1.54) is 6.92 Å². The number of esters is 1. The van der Waals surface area contributed by atoms with Gasteiger partial charge in [0, 0.05) is 88.5 Å². The molecule has 10 nitrogen and oxygen atoms in total. The van der Waals surface area contributed by atoms with Gasteiger partial charge in [-0.25, -0.2) is 0 Å². The predicted molar refractivity (Wildman–Crippen MR) is 163 cm³/mol. The first kappa shape index (κ1) is 31.5. The number of likely N-dealkylation sites (tertiary alicyclic amines) is 1. The zero-order valence-electron chi connectivity index (χ0n) is 27.6. The molecule has 6 aliphatic rings. The first-order chi connectivity index (χ1) is 21.6. The van der Waals surface area contributed by atoms with Crippen LogP contribution < -0.4 is 4.74 Å². The predicted octanol–water partition coefficient (Wildman–Crippen LogP) is 2.99. The van der Waals surface area contributed by atoms with Crippen LogP contribution in [0.5, 0.6) is 5.75 Å². The molecule has 1 N–H and O–H groups in total. The summed E-state index contributed by atoms with van der Waals surface area (Å²) in [4.78, 5) is 30.7. The minimum atomic E-state index is -1.46. The molecule has 5 saturated carbocycles. The lowest BCUT2D eigenvalue weighted by molar-refractivity contribution is -0.277. The van der Waals surface area contributed by atoms with Crippen molar-refractivity contribution in [1.29, 1.82) is 0 Å². The number of aliphatic hydroxyl groups is 1. The van der Waals surface area contributed by atoms with E-state index in [0.29, 0.717) is 30.8 Å². The Balaban J connectivity index is 1.52. The van der Waals surface area contributed by atoms with Crippen molar-refractivity contribution in [2.75, 3.05) is 55.2 Å². The largest absolute Gasteiger partial charge is 0.497 e. The summed E-state index contributed by atoms with van der Waals surface area (Å²) in [5.41, 5.74) is -2.76. The van der Waals surface area contributed by atoms with Crippen molar-refractivity contribution >= 4 is 11.8 Å². The number of Topliss-reactive ketones (excluding diaryl/α,β-unsaturated/α-hetero) is 1. The van der Waals surface area contributed by atoms with E-state index in [2.05, 4.69) is 11.8 Å². The average Bonchev–Trinajstić information content (AvgIpc) is 3.43. The summed E-state index contributed by atoms with van der Waals surface area (Å²) >= 11 is 0. The number of ketones is 1. The maximum absolute atomic E-state index is 14.8. The molecule has 7 bridgehead atoms. The number of fused-ring (bicyclic) bond motifs is 2. The van der Waals surface area contributed by atoms with Crippen LogP contribution in [0, 0.1) is 40.4 Å². The third-order valence-corrected chi connectivity index (χ3v) is 13.5. The van der Waals surface area contributed by atoms with Crippen molar-refractivity contribution in [2.45, 2.75) is 75.1 Å². The van der Waals surface area contributed by atoms with Crippen LogP contribution in [0.2, 0.25) is 0 Å². The first-order valence-corrected chi connectivity index (χ1v) is 16.5. The Labute approximate surface area is 266 Å². The lowest BCUT2D eigenvalue weighted by atomic mass is 9.42. The van der Waals surface area contributed by atoms with Crippen molar-refractivity contribution in [2.24, 2.45) is 40.4 Å². The van der Waals surface area contributed by atoms with Gasteiger partial charge in [0.05, 0.1) is 37.9 Å². The molecule has 10 heteroatoms. The SMILES string of the molecule is CCN1C[C@]2(COC)CC[C@@H](OC)[C@@]34[C@@H]5C[C@]6(O)[C@@H](OC)C[C@@](OC(C)=O)([C@H]5[C@H]6C(=O)c5ccc(OC)cc5)[C@@H]([C@H](OC)[C@H]23)[C@@H]14. The van der Waals surface area contributed by atoms with Crippen molar-refractivity contribution in [3.05, 3.63) is 29.8 Å². The second kappa shape index (κ2) is 10.7. The average molecular weight is 628 g/mol. The number of rotatable bonds is 10. The molecule has 6 fully saturated rings. The highest BCUT2D eigenvalue weighted by molar-refractivity contribution is 5.99. The van der Waals surface area contributed by atoms with E-state index in [1.54, 1.807) is 59.8 Å². The van der Waals surface area contributed by atoms with Gasteiger partial charge in [0.2, 0.25) is 0 Å². The number of ether oxygens (including phenoxy) is 6. The van der Waals surface area contributed by atoms with Gasteiger partial charge in [-0.05, 0) is 56.0 Å². The van der Waals surface area contributed by atoms with Crippen molar-refractivity contribution in [3.8, 4) is 5.75 Å². The maximum atomic E-state index is 14.8. The fourth-order valence-corrected chi connectivity index (χ4v) is 12.7. The number of carbonyl (C=O) groups is 2. The normalized spacial score (nSPS) is 47.4. The van der Waals surface area contributed by atoms with Crippen molar-refractivity contribution in [1.82, 2.24) is 4.90 Å². The molecule has 1 heterocycles. The molecule has 0 aromatic heterocycles. The number of piperidine rings is 1. The molecule has 1 saturated heterocycles. The van der Waals surface area contributed by atoms with Crippen LogP contribution in [0.1, 0.15) is 49.9 Å². The Bertz CT molecular complexity index is 1340. The third-order valence-electron chi connectivity index (χ3n) is 13.5. The minimum absolute atomic E-state index is 0.0227. The van der Waals surface area contributed by atoms with E-state index in [-0.39, 0.29) is 47.2 Å². The van der Waals surface area contributed by atoms with Crippen LogP contribution in [-0.4, -0.2) is 113 Å². The van der Waals surface area contributed by atoms with Gasteiger partial charge in [0.15, 0.2) is 5.78 Å². The molecule has 0 radical (unpaired) electrons. The summed E-state index contributed by atoms with van der Waals surface area (Å²) in [6.45, 7) is 5.86. The van der Waals surface area contributed by atoms with Gasteiger partial charge in [-0.15, -0.1) is 0 Å². The second-order valence-electron chi connectivity index (χ2n) is 14.6. The van der Waals surface area contributed by atoms with E-state index in [9.17, 15) is 14.7 Å². The molecular weight excluding hydrogens is 578 g/mol. The van der Waals surface area contributed by atoms with Crippen LogP contribution in [0.15, 0.2) is 24.3 Å². The highest BCUT2D eigenvalue weighted by Gasteiger charge is 2.89. The summed E-state index contributed by atoms with van der Waals surface area (Å²) in [5, 5.41) is 12.9. The highest BCUT2D eigenvalue weighted by Crippen LogP contribution is 2.81. The monoisotopic (exact) mass is 627 g/mol. The molecule has 1 aliphatic heterocycles. The van der Waals surface area contributed by atoms with Gasteiger partial charge < -0.3 is 33.5 Å². The molecule has 1 spiro atoms. The maximum Gasteiger partial charge on any atom is 0.303 e. The lowest BCUT2D eigenvalue weighted by Gasteiger charge is -2.69. The number of benzene rings is 1. The Morgan fingerprint density at radius 3 is 2.27 bits per heavy atom. The van der Waals surface area contributed by atoms with Gasteiger partial charge in [0.25, 0.3) is 0 Å². The molecule has 1 aromatic rings. The van der Waals surface area contributed by atoms with E-state index >= 15 is 0 Å². The fraction of sp³-hybridized carbons (Fsp3) is 0.771. The Hall–Kier alpha value is -2.08. The molecule has 0 amide bonds. The van der Waals surface area contributed by atoms with Crippen LogP contribution >= 0.6 is 0 Å². The molecular formula is C35H49NO9. The minimum Gasteiger partial charge on any atom is -0.497 e.